The van der Waals surface area contributed by atoms with Gasteiger partial charge in [-0.1, -0.05) is 47.5 Å². The van der Waals surface area contributed by atoms with E-state index >= 15 is 0 Å². The van der Waals surface area contributed by atoms with Crippen LogP contribution in [0.3, 0.4) is 0 Å². The number of ether oxygens (including phenoxy) is 1. The zero-order valence-electron chi connectivity index (χ0n) is 10.9. The van der Waals surface area contributed by atoms with Gasteiger partial charge in [-0.25, -0.2) is 4.39 Å². The zero-order valence-corrected chi connectivity index (χ0v) is 12.4. The van der Waals surface area contributed by atoms with E-state index in [1.807, 2.05) is 24.3 Å². The lowest BCUT2D eigenvalue weighted by molar-refractivity contribution is 0.185. The number of halogens is 3. The lowest BCUT2D eigenvalue weighted by atomic mass is 10.1. The van der Waals surface area contributed by atoms with Crippen LogP contribution in [0.1, 0.15) is 11.1 Å². The number of methoxy groups -OCH3 is 1. The average molecular weight is 314 g/mol. The number of hydrogen-bond donors (Lipinski definition) is 1. The molecule has 0 aliphatic heterocycles. The monoisotopic (exact) mass is 313 g/mol. The lowest BCUT2D eigenvalue weighted by Crippen LogP contribution is -2.02. The van der Waals surface area contributed by atoms with Gasteiger partial charge < -0.3 is 10.1 Å². The third kappa shape index (κ3) is 3.85. The van der Waals surface area contributed by atoms with Crippen molar-refractivity contribution < 1.29 is 9.13 Å². The number of hydrogen-bond acceptors (Lipinski definition) is 2. The highest BCUT2D eigenvalue weighted by atomic mass is 35.5. The Labute approximate surface area is 127 Å². The Morgan fingerprint density at radius 3 is 2.40 bits per heavy atom. The Kier molecular flexibility index (Phi) is 5.24. The summed E-state index contributed by atoms with van der Waals surface area (Å²) >= 11 is 12.0. The van der Waals surface area contributed by atoms with Crippen molar-refractivity contribution in [3.63, 3.8) is 0 Å². The van der Waals surface area contributed by atoms with Gasteiger partial charge in [0.25, 0.3) is 0 Å². The fourth-order valence-electron chi connectivity index (χ4n) is 1.90. The van der Waals surface area contributed by atoms with Crippen LogP contribution >= 0.6 is 23.2 Å². The third-order valence-electron chi connectivity index (χ3n) is 2.78. The van der Waals surface area contributed by atoms with E-state index in [4.69, 9.17) is 27.9 Å². The standard InChI is InChI=1S/C15H14Cl2FNO/c1-20-9-11-4-2-3-10(5-11)8-19-15-13(16)6-12(18)7-14(15)17/h2-7,19H,8-9H2,1H3. The highest BCUT2D eigenvalue weighted by Crippen LogP contribution is 2.31. The van der Waals surface area contributed by atoms with E-state index in [2.05, 4.69) is 5.32 Å². The fourth-order valence-corrected chi connectivity index (χ4v) is 2.49. The molecule has 0 fully saturated rings. The average Bonchev–Trinajstić information content (AvgIpc) is 2.38. The van der Waals surface area contributed by atoms with Crippen LogP contribution in [0.15, 0.2) is 36.4 Å². The molecule has 0 atom stereocenters. The van der Waals surface area contributed by atoms with Gasteiger partial charge in [0, 0.05) is 13.7 Å². The van der Waals surface area contributed by atoms with Gasteiger partial charge in [0.1, 0.15) is 5.82 Å². The second-order valence-electron chi connectivity index (χ2n) is 4.35. The van der Waals surface area contributed by atoms with Gasteiger partial charge >= 0.3 is 0 Å². The molecule has 2 aromatic rings. The number of benzene rings is 2. The summed E-state index contributed by atoms with van der Waals surface area (Å²) in [6, 6.07) is 10.4. The van der Waals surface area contributed by atoms with Gasteiger partial charge in [-0.2, -0.15) is 0 Å². The fraction of sp³-hybridized carbons (Fsp3) is 0.200. The van der Waals surface area contributed by atoms with Crippen molar-refractivity contribution in [1.29, 1.82) is 0 Å². The molecule has 0 radical (unpaired) electrons. The van der Waals surface area contributed by atoms with Gasteiger partial charge in [0.05, 0.1) is 22.3 Å². The summed E-state index contributed by atoms with van der Waals surface area (Å²) in [5.41, 5.74) is 2.69. The molecule has 0 aromatic heterocycles. The Balaban J connectivity index is 2.11. The molecule has 2 nitrogen and oxygen atoms in total. The van der Waals surface area contributed by atoms with Gasteiger partial charge in [-0.05, 0) is 23.3 Å². The van der Waals surface area contributed by atoms with Crippen LogP contribution in [0.4, 0.5) is 10.1 Å². The molecule has 0 saturated heterocycles. The molecule has 1 N–H and O–H groups in total. The van der Waals surface area contributed by atoms with E-state index in [1.54, 1.807) is 7.11 Å². The summed E-state index contributed by atoms with van der Waals surface area (Å²) in [5, 5.41) is 3.66. The van der Waals surface area contributed by atoms with Crippen molar-refractivity contribution in [3.8, 4) is 0 Å². The van der Waals surface area contributed by atoms with Crippen LogP contribution < -0.4 is 5.32 Å². The first-order chi connectivity index (χ1) is 9.60. The molecule has 0 saturated carbocycles. The van der Waals surface area contributed by atoms with Crippen LogP contribution in [0, 0.1) is 5.82 Å². The van der Waals surface area contributed by atoms with E-state index in [9.17, 15) is 4.39 Å². The molecule has 0 unspecified atom stereocenters. The van der Waals surface area contributed by atoms with Crippen LogP contribution in [-0.2, 0) is 17.9 Å². The molecule has 106 valence electrons. The van der Waals surface area contributed by atoms with E-state index in [0.29, 0.717) is 18.8 Å². The predicted molar refractivity (Wildman–Crippen MR) is 80.9 cm³/mol. The topological polar surface area (TPSA) is 21.3 Å². The lowest BCUT2D eigenvalue weighted by Gasteiger charge is -2.11. The first-order valence-electron chi connectivity index (χ1n) is 6.05. The summed E-state index contributed by atoms with van der Waals surface area (Å²) in [7, 11) is 1.66. The number of nitrogens with one attached hydrogen (secondary N) is 1. The van der Waals surface area contributed by atoms with Crippen molar-refractivity contribution in [1.82, 2.24) is 0 Å². The van der Waals surface area contributed by atoms with Crippen molar-refractivity contribution in [2.75, 3.05) is 12.4 Å². The molecular weight excluding hydrogens is 300 g/mol. The minimum Gasteiger partial charge on any atom is -0.380 e. The molecule has 0 spiro atoms. The maximum absolute atomic E-state index is 13.1. The van der Waals surface area contributed by atoms with Crippen molar-refractivity contribution >= 4 is 28.9 Å². The Hall–Kier alpha value is -1.29. The van der Waals surface area contributed by atoms with Gasteiger partial charge in [0.2, 0.25) is 0 Å². The van der Waals surface area contributed by atoms with E-state index in [0.717, 1.165) is 11.1 Å². The maximum Gasteiger partial charge on any atom is 0.126 e. The van der Waals surface area contributed by atoms with Crippen molar-refractivity contribution in [2.24, 2.45) is 0 Å². The molecule has 0 bridgehead atoms. The quantitative estimate of drug-likeness (QED) is 0.848. The molecule has 5 heteroatoms. The minimum atomic E-state index is -0.451. The van der Waals surface area contributed by atoms with Crippen LogP contribution in [0.5, 0.6) is 0 Å². The van der Waals surface area contributed by atoms with E-state index < -0.39 is 5.82 Å². The Bertz CT molecular complexity index is 581. The Morgan fingerprint density at radius 2 is 1.75 bits per heavy atom. The first kappa shape index (κ1) is 15.1. The van der Waals surface area contributed by atoms with E-state index in [-0.39, 0.29) is 10.0 Å². The smallest absolute Gasteiger partial charge is 0.126 e. The van der Waals surface area contributed by atoms with Crippen molar-refractivity contribution in [3.05, 3.63) is 63.4 Å². The second kappa shape index (κ2) is 6.93. The van der Waals surface area contributed by atoms with Crippen LogP contribution in [-0.4, -0.2) is 7.11 Å². The molecule has 2 rings (SSSR count). The summed E-state index contributed by atoms with van der Waals surface area (Å²) in [5.74, 6) is -0.451. The molecule has 0 aliphatic rings. The van der Waals surface area contributed by atoms with Gasteiger partial charge in [-0.3, -0.25) is 0 Å². The van der Waals surface area contributed by atoms with Gasteiger partial charge in [-0.15, -0.1) is 0 Å². The molecule has 0 heterocycles. The summed E-state index contributed by atoms with van der Waals surface area (Å²) in [6.07, 6.45) is 0. The Morgan fingerprint density at radius 1 is 1.10 bits per heavy atom. The largest absolute Gasteiger partial charge is 0.380 e. The molecule has 2 aromatic carbocycles. The molecular formula is C15H14Cl2FNO. The summed E-state index contributed by atoms with van der Waals surface area (Å²) < 4.78 is 18.2. The highest BCUT2D eigenvalue weighted by molar-refractivity contribution is 6.39. The predicted octanol–water partition coefficient (Wildman–Crippen LogP) is 4.89. The van der Waals surface area contributed by atoms with Crippen LogP contribution in [0.25, 0.3) is 0 Å². The highest BCUT2D eigenvalue weighted by Gasteiger charge is 2.08. The molecule has 0 aliphatic carbocycles. The second-order valence-corrected chi connectivity index (χ2v) is 5.17. The van der Waals surface area contributed by atoms with Crippen LogP contribution in [0.2, 0.25) is 10.0 Å². The maximum atomic E-state index is 13.1. The minimum absolute atomic E-state index is 0.267. The SMILES string of the molecule is COCc1cccc(CNc2c(Cl)cc(F)cc2Cl)c1. The normalized spacial score (nSPS) is 10.6. The number of anilines is 1. The summed E-state index contributed by atoms with van der Waals surface area (Å²) in [6.45, 7) is 1.11. The molecule has 0 amide bonds. The summed E-state index contributed by atoms with van der Waals surface area (Å²) in [4.78, 5) is 0. The van der Waals surface area contributed by atoms with Crippen molar-refractivity contribution in [2.45, 2.75) is 13.2 Å². The van der Waals surface area contributed by atoms with E-state index in [1.165, 1.54) is 12.1 Å². The third-order valence-corrected chi connectivity index (χ3v) is 3.37. The zero-order chi connectivity index (χ0) is 14.5. The number of rotatable bonds is 5. The molecule has 20 heavy (non-hydrogen) atoms. The van der Waals surface area contributed by atoms with Gasteiger partial charge in [0.15, 0.2) is 0 Å². The first-order valence-corrected chi connectivity index (χ1v) is 6.81.